The van der Waals surface area contributed by atoms with E-state index >= 15 is 0 Å². The van der Waals surface area contributed by atoms with E-state index in [4.69, 9.17) is 46.9 Å². The first-order valence-corrected chi connectivity index (χ1v) is 51.5. The Balaban J connectivity index is 1.91. The maximum absolute atomic E-state index is 15.0. The summed E-state index contributed by atoms with van der Waals surface area (Å²) >= 11 is 0. The summed E-state index contributed by atoms with van der Waals surface area (Å²) in [4.78, 5) is 66.8. The van der Waals surface area contributed by atoms with Crippen LogP contribution in [0.1, 0.15) is 446 Å². The number of hydrogen-bond acceptors (Lipinski definition) is 24. The van der Waals surface area contributed by atoms with E-state index in [0.717, 1.165) is 128 Å². The topological polar surface area (TPSA) is 380 Å². The van der Waals surface area contributed by atoms with E-state index < -0.39 is 162 Å². The van der Waals surface area contributed by atoms with Gasteiger partial charge >= 0.3 is 31.7 Å². The molecule has 25 nitrogen and oxygen atoms in total. The zero-order valence-corrected chi connectivity index (χ0v) is 78.3. The Morgan fingerprint density at radius 1 is 0.320 bits per heavy atom. The summed E-state index contributed by atoms with van der Waals surface area (Å²) < 4.78 is 73.7. The first-order chi connectivity index (χ1) is 59.0. The molecule has 720 valence electrons. The lowest BCUT2D eigenvalue weighted by Gasteiger charge is -2.50. The zero-order chi connectivity index (χ0) is 89.2. The van der Waals surface area contributed by atoms with Crippen LogP contribution >= 0.6 is 7.82 Å². The molecule has 20 unspecified atom stereocenters. The molecule has 122 heavy (non-hydrogen) atoms. The number of phosphoric acid groups is 1. The molecule has 0 spiro atoms. The minimum absolute atomic E-state index is 0.0170. The number of aliphatic hydroxyl groups excluding tert-OH is 9. The average Bonchev–Trinajstić information content (AvgIpc) is 0.753. The van der Waals surface area contributed by atoms with Crippen LogP contribution in [0.5, 0.6) is 0 Å². The van der Waals surface area contributed by atoms with Gasteiger partial charge in [-0.3, -0.25) is 28.2 Å². The minimum atomic E-state index is -5.81. The third-order valence-electron chi connectivity index (χ3n) is 25.2. The summed E-state index contributed by atoms with van der Waals surface area (Å²) in [5.74, 6) is -1.58. The number of ether oxygens (including phenoxy) is 8. The second-order valence-electron chi connectivity index (χ2n) is 36.6. The predicted molar refractivity (Wildman–Crippen MR) is 476 cm³/mol. The molecule has 0 aromatic rings. The van der Waals surface area contributed by atoms with Crippen LogP contribution in [0.15, 0.2) is 0 Å². The Morgan fingerprint density at radius 2 is 0.615 bits per heavy atom. The van der Waals surface area contributed by atoms with Crippen LogP contribution in [0.2, 0.25) is 0 Å². The number of unbranched alkanes of at least 4 members (excludes halogenated alkanes) is 49. The fraction of sp³-hybridized carbons (Fsp3) is 0.958. The molecule has 26 heteroatoms. The van der Waals surface area contributed by atoms with Crippen molar-refractivity contribution in [1.29, 1.82) is 0 Å². The number of carbonyl (C=O) groups excluding carboxylic acids is 4. The van der Waals surface area contributed by atoms with Crippen molar-refractivity contribution in [3.63, 3.8) is 0 Å². The van der Waals surface area contributed by atoms with Gasteiger partial charge < -0.3 is 88.7 Å². The Hall–Kier alpha value is -2.53. The zero-order valence-electron chi connectivity index (χ0n) is 77.4. The Kier molecular flexibility index (Phi) is 68.2. The highest BCUT2D eigenvalue weighted by molar-refractivity contribution is 7.47. The molecule has 3 rings (SSSR count). The van der Waals surface area contributed by atoms with Crippen molar-refractivity contribution in [2.24, 2.45) is 11.8 Å². The lowest BCUT2D eigenvalue weighted by atomic mass is 9.84. The normalized spacial score (nSPS) is 25.0. The molecule has 2 saturated heterocycles. The van der Waals surface area contributed by atoms with E-state index in [-0.39, 0.29) is 25.7 Å². The van der Waals surface area contributed by atoms with Gasteiger partial charge in [-0.2, -0.15) is 0 Å². The van der Waals surface area contributed by atoms with Crippen LogP contribution in [0.25, 0.3) is 0 Å². The van der Waals surface area contributed by atoms with Crippen molar-refractivity contribution in [1.82, 2.24) is 0 Å². The molecule has 3 fully saturated rings. The van der Waals surface area contributed by atoms with Gasteiger partial charge in [-0.1, -0.05) is 395 Å². The van der Waals surface area contributed by atoms with E-state index in [1.807, 2.05) is 0 Å². The SMILES string of the molecule is CCCCCCCCCCCCCCCCCCC(=O)OCC(COP(=O)(O)OC1C(OC2OC(CO)C(O)C(O)C2O)C(O)C(O)C(OC(=O)CCCCCCCCCCCCCCCCC)C1OC1OC(COC(=O)CCCCCCCCC(C)CCCCCCCC)C(O)C(O)C1O)OC(=O)CCCCCCCCC(C)CCCCCCCC. The van der Waals surface area contributed by atoms with Gasteiger partial charge in [0, 0.05) is 25.7 Å². The molecule has 10 N–H and O–H groups in total. The van der Waals surface area contributed by atoms with E-state index in [9.17, 15) is 74.6 Å². The van der Waals surface area contributed by atoms with Crippen molar-refractivity contribution >= 4 is 31.7 Å². The van der Waals surface area contributed by atoms with Crippen LogP contribution in [0.3, 0.4) is 0 Å². The Labute approximate surface area is 738 Å². The summed E-state index contributed by atoms with van der Waals surface area (Å²) in [5.41, 5.74) is 0. The summed E-state index contributed by atoms with van der Waals surface area (Å²) in [6.45, 7) is 10.3. The van der Waals surface area contributed by atoms with Crippen molar-refractivity contribution in [2.45, 2.75) is 550 Å². The third-order valence-corrected chi connectivity index (χ3v) is 26.1. The average molecular weight is 1770 g/mol. The number of phosphoric ester groups is 1. The molecule has 2 heterocycles. The van der Waals surface area contributed by atoms with Crippen LogP contribution in [0, 0.1) is 11.8 Å². The van der Waals surface area contributed by atoms with Crippen LogP contribution < -0.4 is 0 Å². The van der Waals surface area contributed by atoms with Crippen LogP contribution in [0.4, 0.5) is 0 Å². The van der Waals surface area contributed by atoms with E-state index in [1.165, 1.54) is 218 Å². The van der Waals surface area contributed by atoms with Gasteiger partial charge in [-0.05, 0) is 37.5 Å². The Bertz CT molecular complexity index is 2560. The van der Waals surface area contributed by atoms with E-state index in [0.29, 0.717) is 43.9 Å². The Morgan fingerprint density at radius 3 is 0.975 bits per heavy atom. The van der Waals surface area contributed by atoms with Crippen molar-refractivity contribution in [3.8, 4) is 0 Å². The van der Waals surface area contributed by atoms with Gasteiger partial charge in [0.2, 0.25) is 0 Å². The van der Waals surface area contributed by atoms with Crippen molar-refractivity contribution < 1.29 is 122 Å². The molecule has 0 amide bonds. The minimum Gasteiger partial charge on any atom is -0.463 e. The second-order valence-corrected chi connectivity index (χ2v) is 38.0. The van der Waals surface area contributed by atoms with Crippen LogP contribution in [-0.2, 0) is 70.7 Å². The summed E-state index contributed by atoms with van der Waals surface area (Å²) in [6.07, 6.45) is 29.3. The van der Waals surface area contributed by atoms with Gasteiger partial charge in [0.1, 0.15) is 92.6 Å². The molecule has 0 aromatic heterocycles. The van der Waals surface area contributed by atoms with Crippen molar-refractivity contribution in [2.75, 3.05) is 26.4 Å². The smallest absolute Gasteiger partial charge is 0.463 e. The number of carbonyl (C=O) groups is 4. The van der Waals surface area contributed by atoms with E-state index in [1.54, 1.807) is 0 Å². The standard InChI is InChI=1S/C96H181O25P/c1-7-11-15-19-23-25-27-29-31-33-34-36-38-40-50-58-66-79(98)112-71-76(115-81(100)68-60-53-45-43-49-57-65-75(6)63-55-47-22-18-14-10-4)72-114-122(110,111)121-94-92(119-95-89(108)85(104)83(102)77(70-97)116-95)88(107)87(106)91(118-82(101)69-61-52-41-39-37-35-32-30-28-26-24-20-16-12-8-2)93(94)120-96-90(109)86(105)84(103)78(117-96)73-113-80(99)67-59-51-44-42-48-56-64-74(5)62-54-46-21-17-13-9-3/h74-78,83-97,102-109H,7-73H2,1-6H3,(H,110,111). The fourth-order valence-electron chi connectivity index (χ4n) is 17.0. The predicted octanol–water partition coefficient (Wildman–Crippen LogP) is 19.4. The molecule has 0 bridgehead atoms. The fourth-order valence-corrected chi connectivity index (χ4v) is 18.0. The largest absolute Gasteiger partial charge is 0.472 e. The lowest BCUT2D eigenvalue weighted by molar-refractivity contribution is -0.360. The van der Waals surface area contributed by atoms with Gasteiger partial charge in [0.05, 0.1) is 13.2 Å². The van der Waals surface area contributed by atoms with Crippen LogP contribution in [-0.4, -0.2) is 205 Å². The number of aliphatic hydroxyl groups is 9. The molecule has 3 aliphatic rings. The summed E-state index contributed by atoms with van der Waals surface area (Å²) in [5, 5.41) is 103. The molecule has 1 aliphatic carbocycles. The summed E-state index contributed by atoms with van der Waals surface area (Å²) in [7, 11) is -5.81. The molecular weight excluding hydrogens is 1580 g/mol. The molecule has 0 aromatic carbocycles. The highest BCUT2D eigenvalue weighted by Crippen LogP contribution is 2.49. The second kappa shape index (κ2) is 73.2. The number of rotatable bonds is 81. The number of esters is 4. The quantitative estimate of drug-likeness (QED) is 0.0117. The maximum Gasteiger partial charge on any atom is 0.472 e. The van der Waals surface area contributed by atoms with Gasteiger partial charge in [-0.25, -0.2) is 4.57 Å². The molecule has 2 aliphatic heterocycles. The highest BCUT2D eigenvalue weighted by atomic mass is 31.2. The molecule has 20 atom stereocenters. The molecular formula is C96H181O25P. The van der Waals surface area contributed by atoms with E-state index in [2.05, 4.69) is 41.5 Å². The third kappa shape index (κ3) is 53.0. The monoisotopic (exact) mass is 1770 g/mol. The van der Waals surface area contributed by atoms with Gasteiger partial charge in [0.15, 0.2) is 24.8 Å². The first-order valence-electron chi connectivity index (χ1n) is 50.1. The first kappa shape index (κ1) is 114. The molecule has 1 saturated carbocycles. The van der Waals surface area contributed by atoms with Gasteiger partial charge in [0.25, 0.3) is 0 Å². The molecule has 0 radical (unpaired) electrons. The van der Waals surface area contributed by atoms with Gasteiger partial charge in [-0.15, -0.1) is 0 Å². The number of hydrogen-bond donors (Lipinski definition) is 10. The van der Waals surface area contributed by atoms with Crippen molar-refractivity contribution in [3.05, 3.63) is 0 Å². The maximum atomic E-state index is 15.0. The lowest BCUT2D eigenvalue weighted by Crippen LogP contribution is -2.70. The highest BCUT2D eigenvalue weighted by Gasteiger charge is 2.60. The summed E-state index contributed by atoms with van der Waals surface area (Å²) in [6, 6.07) is 0.